The van der Waals surface area contributed by atoms with Crippen molar-refractivity contribution in [3.8, 4) is 6.07 Å². The van der Waals surface area contributed by atoms with Crippen LogP contribution in [0.25, 0.3) is 0 Å². The molecular weight excluding hydrogens is 305 g/mol. The molecule has 2 rings (SSSR count). The maximum Gasteiger partial charge on any atom is 0.145 e. The number of nitrogens with zero attached hydrogens (tertiary/aromatic N) is 2. The summed E-state index contributed by atoms with van der Waals surface area (Å²) in [5.74, 6) is 0. The summed E-state index contributed by atoms with van der Waals surface area (Å²) in [6.07, 6.45) is 1.58. The lowest BCUT2D eigenvalue weighted by Gasteiger charge is -2.10. The molecule has 0 aliphatic rings. The van der Waals surface area contributed by atoms with Crippen molar-refractivity contribution >= 4 is 40.5 Å². The molecule has 0 radical (unpaired) electrons. The van der Waals surface area contributed by atoms with E-state index >= 15 is 0 Å². The summed E-state index contributed by atoms with van der Waals surface area (Å²) < 4.78 is 0. The molecule has 1 aromatic carbocycles. The Bertz CT molecular complexity index is 650. The van der Waals surface area contributed by atoms with Crippen molar-refractivity contribution in [2.45, 2.75) is 6.54 Å². The standard InChI is InChI=1S/C13H8Cl3N3/c14-9-4-11(16)12(5-10(9)15)19-7-8-2-1-3-18-13(8)6-17/h1-5,19H,7H2. The van der Waals surface area contributed by atoms with Gasteiger partial charge in [0.2, 0.25) is 0 Å². The molecule has 6 heteroatoms. The molecular formula is C13H8Cl3N3. The van der Waals surface area contributed by atoms with E-state index in [-0.39, 0.29) is 0 Å². The highest BCUT2D eigenvalue weighted by atomic mass is 35.5. The monoisotopic (exact) mass is 311 g/mol. The molecule has 0 fully saturated rings. The minimum atomic E-state index is 0.381. The second kappa shape index (κ2) is 6.12. The number of benzene rings is 1. The number of pyridine rings is 1. The lowest BCUT2D eigenvalue weighted by Crippen LogP contribution is -2.03. The second-order valence-corrected chi connectivity index (χ2v) is 4.94. The fourth-order valence-electron chi connectivity index (χ4n) is 1.53. The van der Waals surface area contributed by atoms with E-state index in [9.17, 15) is 0 Å². The molecule has 0 spiro atoms. The third kappa shape index (κ3) is 3.30. The molecule has 1 N–H and O–H groups in total. The Hall–Kier alpha value is -1.47. The zero-order chi connectivity index (χ0) is 13.8. The number of nitriles is 1. The first-order valence-corrected chi connectivity index (χ1v) is 6.47. The molecule has 96 valence electrons. The van der Waals surface area contributed by atoms with Crippen molar-refractivity contribution in [2.24, 2.45) is 0 Å². The predicted molar refractivity (Wildman–Crippen MR) is 77.8 cm³/mol. The first-order chi connectivity index (χ1) is 9.11. The zero-order valence-corrected chi connectivity index (χ0v) is 11.9. The van der Waals surface area contributed by atoms with Gasteiger partial charge in [0.15, 0.2) is 0 Å². The van der Waals surface area contributed by atoms with Crippen molar-refractivity contribution in [1.29, 1.82) is 5.26 Å². The number of hydrogen-bond acceptors (Lipinski definition) is 3. The van der Waals surface area contributed by atoms with Crippen LogP contribution in [0.2, 0.25) is 15.1 Å². The minimum Gasteiger partial charge on any atom is -0.380 e. The van der Waals surface area contributed by atoms with Gasteiger partial charge >= 0.3 is 0 Å². The number of rotatable bonds is 3. The third-order valence-corrected chi connectivity index (χ3v) is 3.51. The molecule has 1 heterocycles. The van der Waals surface area contributed by atoms with Crippen LogP contribution >= 0.6 is 34.8 Å². The van der Waals surface area contributed by atoms with Crippen LogP contribution in [0.4, 0.5) is 5.69 Å². The van der Waals surface area contributed by atoms with Crippen LogP contribution in [0.3, 0.4) is 0 Å². The second-order valence-electron chi connectivity index (χ2n) is 3.72. The summed E-state index contributed by atoms with van der Waals surface area (Å²) >= 11 is 17.8. The van der Waals surface area contributed by atoms with E-state index < -0.39 is 0 Å². The van der Waals surface area contributed by atoms with Gasteiger partial charge in [0.25, 0.3) is 0 Å². The van der Waals surface area contributed by atoms with Gasteiger partial charge in [-0.25, -0.2) is 4.98 Å². The Balaban J connectivity index is 2.20. The molecule has 0 unspecified atom stereocenters. The summed E-state index contributed by atoms with van der Waals surface area (Å²) in [5, 5.41) is 13.3. The van der Waals surface area contributed by atoms with E-state index in [0.717, 1.165) is 5.56 Å². The van der Waals surface area contributed by atoms with Crippen LogP contribution < -0.4 is 5.32 Å². The van der Waals surface area contributed by atoms with Gasteiger partial charge in [-0.15, -0.1) is 0 Å². The Morgan fingerprint density at radius 3 is 2.63 bits per heavy atom. The molecule has 0 amide bonds. The Labute approximate surface area is 125 Å². The summed E-state index contributed by atoms with van der Waals surface area (Å²) in [6.45, 7) is 0.425. The van der Waals surface area contributed by atoms with E-state index in [1.165, 1.54) is 0 Å². The molecule has 0 bridgehead atoms. The lowest BCUT2D eigenvalue weighted by molar-refractivity contribution is 1.09. The van der Waals surface area contributed by atoms with Crippen molar-refractivity contribution in [2.75, 3.05) is 5.32 Å². The van der Waals surface area contributed by atoms with Crippen LogP contribution in [-0.4, -0.2) is 4.98 Å². The first-order valence-electron chi connectivity index (χ1n) is 5.34. The lowest BCUT2D eigenvalue weighted by atomic mass is 10.2. The Kier molecular flexibility index (Phi) is 4.49. The summed E-state index contributed by atoms with van der Waals surface area (Å²) in [7, 11) is 0. The van der Waals surface area contributed by atoms with Gasteiger partial charge in [-0.3, -0.25) is 0 Å². The zero-order valence-electron chi connectivity index (χ0n) is 9.62. The molecule has 19 heavy (non-hydrogen) atoms. The van der Waals surface area contributed by atoms with Gasteiger partial charge in [-0.2, -0.15) is 5.26 Å². The first kappa shape index (κ1) is 14.0. The molecule has 2 aromatic rings. The maximum atomic E-state index is 8.95. The summed E-state index contributed by atoms with van der Waals surface area (Å²) in [5.41, 5.74) is 1.82. The smallest absolute Gasteiger partial charge is 0.145 e. The van der Waals surface area contributed by atoms with Gasteiger partial charge in [0.05, 0.1) is 20.8 Å². The molecule has 0 atom stereocenters. The number of anilines is 1. The van der Waals surface area contributed by atoms with E-state index in [0.29, 0.717) is 33.0 Å². The maximum absolute atomic E-state index is 8.95. The molecule has 0 saturated carbocycles. The van der Waals surface area contributed by atoms with Crippen LogP contribution in [0.1, 0.15) is 11.3 Å². The highest BCUT2D eigenvalue weighted by molar-refractivity contribution is 6.44. The molecule has 0 saturated heterocycles. The predicted octanol–water partition coefficient (Wildman–Crippen LogP) is 4.53. The quantitative estimate of drug-likeness (QED) is 0.847. The fourth-order valence-corrected chi connectivity index (χ4v) is 2.14. The number of halogens is 3. The Morgan fingerprint density at radius 2 is 1.89 bits per heavy atom. The van der Waals surface area contributed by atoms with Crippen molar-refractivity contribution in [3.05, 3.63) is 56.8 Å². The van der Waals surface area contributed by atoms with Crippen LogP contribution in [0, 0.1) is 11.3 Å². The SMILES string of the molecule is N#Cc1ncccc1CNc1cc(Cl)c(Cl)cc1Cl. The van der Waals surface area contributed by atoms with Crippen LogP contribution in [0.5, 0.6) is 0 Å². The molecule has 0 aliphatic heterocycles. The van der Waals surface area contributed by atoms with Crippen molar-refractivity contribution < 1.29 is 0 Å². The van der Waals surface area contributed by atoms with Gasteiger partial charge in [0.1, 0.15) is 11.8 Å². The fraction of sp³-hybridized carbons (Fsp3) is 0.0769. The van der Waals surface area contributed by atoms with Gasteiger partial charge in [-0.05, 0) is 18.2 Å². The van der Waals surface area contributed by atoms with E-state index in [1.807, 2.05) is 12.1 Å². The van der Waals surface area contributed by atoms with E-state index in [1.54, 1.807) is 24.4 Å². The van der Waals surface area contributed by atoms with Crippen LogP contribution in [0.15, 0.2) is 30.5 Å². The van der Waals surface area contributed by atoms with Crippen molar-refractivity contribution in [3.63, 3.8) is 0 Å². The number of aromatic nitrogens is 1. The van der Waals surface area contributed by atoms with Crippen LogP contribution in [-0.2, 0) is 6.54 Å². The average molecular weight is 313 g/mol. The average Bonchev–Trinajstić information content (AvgIpc) is 2.41. The number of nitrogens with one attached hydrogen (secondary N) is 1. The topological polar surface area (TPSA) is 48.7 Å². The largest absolute Gasteiger partial charge is 0.380 e. The highest BCUT2D eigenvalue weighted by Gasteiger charge is 2.07. The molecule has 1 aromatic heterocycles. The normalized spacial score (nSPS) is 10.0. The number of hydrogen-bond donors (Lipinski definition) is 1. The van der Waals surface area contributed by atoms with Crippen molar-refractivity contribution in [1.82, 2.24) is 4.98 Å². The van der Waals surface area contributed by atoms with E-state index in [4.69, 9.17) is 40.1 Å². The highest BCUT2D eigenvalue weighted by Crippen LogP contribution is 2.32. The molecule has 3 nitrogen and oxygen atoms in total. The summed E-state index contributed by atoms with van der Waals surface area (Å²) in [6, 6.07) is 8.85. The van der Waals surface area contributed by atoms with Gasteiger partial charge < -0.3 is 5.32 Å². The third-order valence-electron chi connectivity index (χ3n) is 2.48. The molecule has 0 aliphatic carbocycles. The van der Waals surface area contributed by atoms with Gasteiger partial charge in [-0.1, -0.05) is 40.9 Å². The van der Waals surface area contributed by atoms with Gasteiger partial charge in [0, 0.05) is 18.3 Å². The Morgan fingerprint density at radius 1 is 1.16 bits per heavy atom. The summed E-state index contributed by atoms with van der Waals surface area (Å²) in [4.78, 5) is 3.98. The minimum absolute atomic E-state index is 0.381. The van der Waals surface area contributed by atoms with E-state index in [2.05, 4.69) is 10.3 Å².